The van der Waals surface area contributed by atoms with Crippen molar-refractivity contribution in [1.29, 1.82) is 0 Å². The van der Waals surface area contributed by atoms with Gasteiger partial charge in [0.25, 0.3) is 5.91 Å². The van der Waals surface area contributed by atoms with Crippen molar-refractivity contribution in [2.45, 2.75) is 13.0 Å². The second-order valence-electron chi connectivity index (χ2n) is 3.63. The molecule has 0 radical (unpaired) electrons. The molecule has 1 aliphatic rings. The predicted octanol–water partition coefficient (Wildman–Crippen LogP) is -0.617. The van der Waals surface area contributed by atoms with Gasteiger partial charge >= 0.3 is 5.97 Å². The summed E-state index contributed by atoms with van der Waals surface area (Å²) in [4.78, 5) is 23.5. The molecule has 1 amide bonds. The first-order chi connectivity index (χ1) is 8.11. The minimum absolute atomic E-state index is 0.0155. The van der Waals surface area contributed by atoms with E-state index in [9.17, 15) is 9.59 Å². The molecule has 1 fully saturated rings. The zero-order valence-electron chi connectivity index (χ0n) is 9.12. The lowest BCUT2D eigenvalue weighted by atomic mass is 10.1. The molecule has 1 aliphatic heterocycles. The van der Waals surface area contributed by atoms with E-state index in [1.807, 2.05) is 0 Å². The molecule has 0 atom stereocenters. The molecule has 0 spiro atoms. The molecule has 17 heavy (non-hydrogen) atoms. The topological polar surface area (TPSA) is 88.3 Å². The molecule has 0 unspecified atom stereocenters. The van der Waals surface area contributed by atoms with Crippen LogP contribution >= 0.6 is 0 Å². The van der Waals surface area contributed by atoms with Crippen LogP contribution in [0.4, 0.5) is 0 Å². The molecule has 0 saturated carbocycles. The van der Waals surface area contributed by atoms with Crippen LogP contribution in [0.25, 0.3) is 0 Å². The molecule has 7 heteroatoms. The summed E-state index contributed by atoms with van der Waals surface area (Å²) in [6.07, 6.45) is 1.36. The van der Waals surface area contributed by atoms with Crippen LogP contribution in [0, 0.1) is 11.8 Å². The maximum Gasteiger partial charge on any atom is 0.358 e. The first kappa shape index (κ1) is 11.1. The van der Waals surface area contributed by atoms with E-state index in [2.05, 4.69) is 22.2 Å². The van der Waals surface area contributed by atoms with E-state index >= 15 is 0 Å². The molecule has 1 aromatic heterocycles. The molecular weight excluding hydrogens is 224 g/mol. The maximum absolute atomic E-state index is 11.3. The standard InChI is InChI=1S/C10H10N4O3/c1-2-3-9(15)13-4-7(5-13)14-6-8(10(16)17)11-12-14/h6-7H,4-5H2,1H3,(H,16,17). The van der Waals surface area contributed by atoms with Crippen molar-refractivity contribution >= 4 is 11.9 Å². The van der Waals surface area contributed by atoms with Crippen molar-refractivity contribution in [2.75, 3.05) is 13.1 Å². The Hall–Kier alpha value is -2.36. The van der Waals surface area contributed by atoms with Gasteiger partial charge in [-0.05, 0) is 12.8 Å². The summed E-state index contributed by atoms with van der Waals surface area (Å²) in [5.41, 5.74) is -0.0943. The van der Waals surface area contributed by atoms with Crippen LogP contribution in [0.5, 0.6) is 0 Å². The number of aromatic carboxylic acids is 1. The van der Waals surface area contributed by atoms with Gasteiger partial charge in [-0.25, -0.2) is 9.48 Å². The Bertz CT molecular complexity index is 519. The van der Waals surface area contributed by atoms with Gasteiger partial charge in [0.15, 0.2) is 5.69 Å². The van der Waals surface area contributed by atoms with Gasteiger partial charge in [-0.2, -0.15) is 0 Å². The number of carbonyl (C=O) groups excluding carboxylic acids is 1. The van der Waals surface area contributed by atoms with Crippen molar-refractivity contribution in [3.8, 4) is 11.8 Å². The largest absolute Gasteiger partial charge is 0.476 e. The fourth-order valence-electron chi connectivity index (χ4n) is 1.53. The Morgan fingerprint density at radius 2 is 2.24 bits per heavy atom. The minimum atomic E-state index is -1.11. The Kier molecular flexibility index (Phi) is 2.78. The fraction of sp³-hybridized carbons (Fsp3) is 0.400. The number of carboxylic acids is 1. The molecule has 0 bridgehead atoms. The van der Waals surface area contributed by atoms with Crippen LogP contribution in [-0.2, 0) is 4.79 Å². The molecule has 1 saturated heterocycles. The van der Waals surface area contributed by atoms with Crippen LogP contribution < -0.4 is 0 Å². The van der Waals surface area contributed by atoms with Gasteiger partial charge < -0.3 is 10.0 Å². The fourth-order valence-corrected chi connectivity index (χ4v) is 1.53. The zero-order chi connectivity index (χ0) is 12.4. The van der Waals surface area contributed by atoms with E-state index in [-0.39, 0.29) is 17.6 Å². The molecular formula is C10H10N4O3. The Labute approximate surface area is 97.0 Å². The molecule has 1 N–H and O–H groups in total. The first-order valence-corrected chi connectivity index (χ1v) is 4.98. The summed E-state index contributed by atoms with van der Waals surface area (Å²) in [6.45, 7) is 2.57. The highest BCUT2D eigenvalue weighted by Crippen LogP contribution is 2.19. The molecule has 2 heterocycles. The van der Waals surface area contributed by atoms with Crippen molar-refractivity contribution in [3.05, 3.63) is 11.9 Å². The second kappa shape index (κ2) is 4.25. The summed E-state index contributed by atoms with van der Waals surface area (Å²) in [5, 5.41) is 15.9. The van der Waals surface area contributed by atoms with Crippen LogP contribution in [0.15, 0.2) is 6.20 Å². The number of carbonyl (C=O) groups is 2. The number of aromatic nitrogens is 3. The Morgan fingerprint density at radius 3 is 2.76 bits per heavy atom. The highest BCUT2D eigenvalue weighted by atomic mass is 16.4. The number of hydrogen-bond acceptors (Lipinski definition) is 4. The van der Waals surface area contributed by atoms with Crippen molar-refractivity contribution in [3.63, 3.8) is 0 Å². The number of carboxylic acid groups (broad SMARTS) is 1. The smallest absolute Gasteiger partial charge is 0.358 e. The average molecular weight is 234 g/mol. The molecule has 0 aliphatic carbocycles. The highest BCUT2D eigenvalue weighted by molar-refractivity contribution is 5.94. The second-order valence-corrected chi connectivity index (χ2v) is 3.63. The number of hydrogen-bond donors (Lipinski definition) is 1. The van der Waals surface area contributed by atoms with Crippen LogP contribution in [0.3, 0.4) is 0 Å². The number of amides is 1. The van der Waals surface area contributed by atoms with Gasteiger partial charge in [-0.1, -0.05) is 11.1 Å². The van der Waals surface area contributed by atoms with E-state index in [1.54, 1.807) is 11.8 Å². The third kappa shape index (κ3) is 2.10. The summed E-state index contributed by atoms with van der Waals surface area (Å²) in [6, 6.07) is -0.0155. The SMILES string of the molecule is CC#CC(=O)N1CC(n2cc(C(=O)O)nn2)C1. The summed E-state index contributed by atoms with van der Waals surface area (Å²) in [5.74, 6) is 3.65. The van der Waals surface area contributed by atoms with Crippen LogP contribution in [0.1, 0.15) is 23.5 Å². The van der Waals surface area contributed by atoms with Crippen molar-refractivity contribution < 1.29 is 14.7 Å². The lowest BCUT2D eigenvalue weighted by Gasteiger charge is -2.37. The van der Waals surface area contributed by atoms with E-state index in [0.29, 0.717) is 13.1 Å². The van der Waals surface area contributed by atoms with Crippen molar-refractivity contribution in [2.24, 2.45) is 0 Å². The quantitative estimate of drug-likeness (QED) is 0.689. The van der Waals surface area contributed by atoms with E-state index in [0.717, 1.165) is 0 Å². The molecule has 2 rings (SSSR count). The number of rotatable bonds is 2. The van der Waals surface area contributed by atoms with Crippen molar-refractivity contribution in [1.82, 2.24) is 19.9 Å². The summed E-state index contributed by atoms with van der Waals surface area (Å²) in [7, 11) is 0. The molecule has 7 nitrogen and oxygen atoms in total. The van der Waals surface area contributed by atoms with E-state index in [4.69, 9.17) is 5.11 Å². The molecule has 0 aromatic carbocycles. The van der Waals surface area contributed by atoms with Gasteiger partial charge in [0.05, 0.1) is 12.2 Å². The summed E-state index contributed by atoms with van der Waals surface area (Å²) >= 11 is 0. The van der Waals surface area contributed by atoms with Gasteiger partial charge in [-0.15, -0.1) is 5.10 Å². The van der Waals surface area contributed by atoms with Gasteiger partial charge in [0.1, 0.15) is 0 Å². The first-order valence-electron chi connectivity index (χ1n) is 4.98. The zero-order valence-corrected chi connectivity index (χ0v) is 9.12. The number of nitrogens with zero attached hydrogens (tertiary/aromatic N) is 4. The lowest BCUT2D eigenvalue weighted by molar-refractivity contribution is -0.130. The Balaban J connectivity index is 1.96. The third-order valence-electron chi connectivity index (χ3n) is 2.48. The minimum Gasteiger partial charge on any atom is -0.476 e. The maximum atomic E-state index is 11.3. The highest BCUT2D eigenvalue weighted by Gasteiger charge is 2.32. The van der Waals surface area contributed by atoms with Crippen LogP contribution in [-0.4, -0.2) is 50.0 Å². The normalized spacial score (nSPS) is 14.8. The van der Waals surface area contributed by atoms with E-state index < -0.39 is 5.97 Å². The number of likely N-dealkylation sites (tertiary alicyclic amines) is 1. The monoisotopic (exact) mass is 234 g/mol. The molecule has 88 valence electrons. The Morgan fingerprint density at radius 1 is 1.53 bits per heavy atom. The lowest BCUT2D eigenvalue weighted by Crippen LogP contribution is -2.50. The van der Waals surface area contributed by atoms with Gasteiger partial charge in [-0.3, -0.25) is 4.79 Å². The molecule has 1 aromatic rings. The summed E-state index contributed by atoms with van der Waals surface area (Å²) < 4.78 is 1.46. The van der Waals surface area contributed by atoms with Crippen LogP contribution in [0.2, 0.25) is 0 Å². The van der Waals surface area contributed by atoms with Gasteiger partial charge in [0.2, 0.25) is 0 Å². The van der Waals surface area contributed by atoms with E-state index in [1.165, 1.54) is 10.9 Å². The average Bonchev–Trinajstić information content (AvgIpc) is 2.65. The van der Waals surface area contributed by atoms with Gasteiger partial charge in [0, 0.05) is 13.1 Å². The third-order valence-corrected chi connectivity index (χ3v) is 2.48. The predicted molar refractivity (Wildman–Crippen MR) is 56.0 cm³/mol.